The smallest absolute Gasteiger partial charge is 0.274 e. The molecule has 1 amide bonds. The van der Waals surface area contributed by atoms with Crippen LogP contribution in [-0.4, -0.2) is 62.6 Å². The van der Waals surface area contributed by atoms with Gasteiger partial charge in [0.05, 0.1) is 18.5 Å². The minimum atomic E-state index is -0.142. The number of carbonyl (C=O) groups excluding carboxylic acids is 1. The number of anilines is 2. The summed E-state index contributed by atoms with van der Waals surface area (Å²) in [5.41, 5.74) is 9.84. The normalized spacial score (nSPS) is 15.5. The molecule has 0 saturated heterocycles. The SMILES string of the molecule is COc1cc2cc(C(=O)N3CC(CCl)c4cccc(N)c43)[nH]c2cc1OCCN(C)C. The van der Waals surface area contributed by atoms with E-state index in [9.17, 15) is 4.79 Å². The lowest BCUT2D eigenvalue weighted by molar-refractivity contribution is 0.0984. The monoisotopic (exact) mass is 442 g/mol. The van der Waals surface area contributed by atoms with Crippen molar-refractivity contribution in [3.8, 4) is 11.5 Å². The second kappa shape index (κ2) is 8.69. The number of likely N-dealkylation sites (N-methyl/N-ethyl adjacent to an activating group) is 1. The first-order valence-electron chi connectivity index (χ1n) is 10.2. The number of H-pyrrole nitrogens is 1. The fraction of sp³-hybridized carbons (Fsp3) is 0.348. The Morgan fingerprint density at radius 3 is 2.81 bits per heavy atom. The van der Waals surface area contributed by atoms with E-state index in [0.717, 1.165) is 28.7 Å². The van der Waals surface area contributed by atoms with Crippen LogP contribution in [0.15, 0.2) is 36.4 Å². The van der Waals surface area contributed by atoms with E-state index in [0.29, 0.717) is 41.9 Å². The molecule has 0 saturated carbocycles. The second-order valence-corrected chi connectivity index (χ2v) is 8.29. The Hall–Kier alpha value is -2.90. The molecule has 31 heavy (non-hydrogen) atoms. The van der Waals surface area contributed by atoms with Gasteiger partial charge in [-0.1, -0.05) is 12.1 Å². The van der Waals surface area contributed by atoms with Crippen LogP contribution in [0.2, 0.25) is 0 Å². The Labute approximate surface area is 186 Å². The lowest BCUT2D eigenvalue weighted by Crippen LogP contribution is -2.30. The fourth-order valence-corrected chi connectivity index (χ4v) is 4.22. The van der Waals surface area contributed by atoms with Crippen LogP contribution in [0.4, 0.5) is 11.4 Å². The maximum Gasteiger partial charge on any atom is 0.274 e. The van der Waals surface area contributed by atoms with Crippen LogP contribution in [0.1, 0.15) is 22.0 Å². The Kier molecular flexibility index (Phi) is 5.98. The van der Waals surface area contributed by atoms with Gasteiger partial charge < -0.3 is 30.0 Å². The summed E-state index contributed by atoms with van der Waals surface area (Å²) in [5, 5.41) is 0.870. The van der Waals surface area contributed by atoms with Gasteiger partial charge in [0.2, 0.25) is 0 Å². The van der Waals surface area contributed by atoms with Crippen LogP contribution < -0.4 is 20.1 Å². The highest BCUT2D eigenvalue weighted by molar-refractivity contribution is 6.19. The molecule has 1 aromatic heterocycles. The number of benzene rings is 2. The Bertz CT molecular complexity index is 1110. The lowest BCUT2D eigenvalue weighted by atomic mass is 10.0. The number of aromatic amines is 1. The number of para-hydroxylation sites is 1. The van der Waals surface area contributed by atoms with E-state index < -0.39 is 0 Å². The van der Waals surface area contributed by atoms with Gasteiger partial charge in [-0.2, -0.15) is 0 Å². The Morgan fingerprint density at radius 1 is 1.29 bits per heavy atom. The average Bonchev–Trinajstić information content (AvgIpc) is 3.34. The number of fused-ring (bicyclic) bond motifs is 2. The van der Waals surface area contributed by atoms with Crippen LogP contribution in [0.25, 0.3) is 10.9 Å². The summed E-state index contributed by atoms with van der Waals surface area (Å²) in [7, 11) is 5.59. The summed E-state index contributed by atoms with van der Waals surface area (Å²) in [6.45, 7) is 1.82. The number of methoxy groups -OCH3 is 1. The maximum atomic E-state index is 13.4. The molecule has 164 valence electrons. The van der Waals surface area contributed by atoms with E-state index in [1.165, 1.54) is 0 Å². The number of nitrogens with zero attached hydrogens (tertiary/aromatic N) is 2. The first-order valence-corrected chi connectivity index (χ1v) is 10.7. The first kappa shape index (κ1) is 21.3. The molecule has 1 aliphatic rings. The van der Waals surface area contributed by atoms with Crippen molar-refractivity contribution in [3.05, 3.63) is 47.7 Å². The molecule has 3 aromatic rings. The molecule has 2 heterocycles. The number of aromatic nitrogens is 1. The zero-order valence-electron chi connectivity index (χ0n) is 17.9. The number of hydrogen-bond acceptors (Lipinski definition) is 5. The molecule has 1 atom stereocenters. The standard InChI is InChI=1S/C23H27ClN4O3/c1-27(2)7-8-31-21-11-18-14(10-20(21)30-3)9-19(26-18)23(29)28-13-15(12-24)16-5-4-6-17(25)22(16)28/h4-6,9-11,15,26H,7-8,12-13,25H2,1-3H3. The summed E-state index contributed by atoms with van der Waals surface area (Å²) in [6.07, 6.45) is 0. The molecule has 7 nitrogen and oxygen atoms in total. The van der Waals surface area contributed by atoms with Gasteiger partial charge in [0.15, 0.2) is 11.5 Å². The van der Waals surface area contributed by atoms with Crippen molar-refractivity contribution in [1.29, 1.82) is 0 Å². The highest BCUT2D eigenvalue weighted by Gasteiger charge is 2.34. The predicted molar refractivity (Wildman–Crippen MR) is 125 cm³/mol. The fourth-order valence-electron chi connectivity index (χ4n) is 3.96. The Balaban J connectivity index is 1.65. The number of hydrogen-bond donors (Lipinski definition) is 2. The van der Waals surface area contributed by atoms with Crippen molar-refractivity contribution in [2.45, 2.75) is 5.92 Å². The number of rotatable bonds is 7. The highest BCUT2D eigenvalue weighted by atomic mass is 35.5. The van der Waals surface area contributed by atoms with Gasteiger partial charge in [-0.3, -0.25) is 4.79 Å². The van der Waals surface area contributed by atoms with E-state index in [2.05, 4.69) is 4.98 Å². The van der Waals surface area contributed by atoms with E-state index in [4.69, 9.17) is 26.8 Å². The number of ether oxygens (including phenoxy) is 2. The molecule has 3 N–H and O–H groups in total. The average molecular weight is 443 g/mol. The van der Waals surface area contributed by atoms with E-state index in [1.807, 2.05) is 55.4 Å². The molecule has 0 aliphatic carbocycles. The number of nitrogen functional groups attached to an aromatic ring is 1. The number of nitrogens with one attached hydrogen (secondary N) is 1. The van der Waals surface area contributed by atoms with Gasteiger partial charge in [0.1, 0.15) is 12.3 Å². The summed E-state index contributed by atoms with van der Waals surface area (Å²) in [4.78, 5) is 20.4. The van der Waals surface area contributed by atoms with Gasteiger partial charge >= 0.3 is 0 Å². The minimum Gasteiger partial charge on any atom is -0.493 e. The van der Waals surface area contributed by atoms with Crippen molar-refractivity contribution in [3.63, 3.8) is 0 Å². The molecule has 1 unspecified atom stereocenters. The zero-order chi connectivity index (χ0) is 22.1. The molecule has 0 radical (unpaired) electrons. The van der Waals surface area contributed by atoms with Crippen LogP contribution in [0, 0.1) is 0 Å². The minimum absolute atomic E-state index is 0.0605. The van der Waals surface area contributed by atoms with Crippen LogP contribution in [0.3, 0.4) is 0 Å². The molecule has 0 fully saturated rings. The first-order chi connectivity index (χ1) is 14.9. The van der Waals surface area contributed by atoms with Crippen molar-refractivity contribution in [2.24, 2.45) is 0 Å². The number of halogens is 1. The molecular formula is C23H27ClN4O3. The number of nitrogens with two attached hydrogens (primary N) is 1. The predicted octanol–water partition coefficient (Wildman–Crippen LogP) is 3.68. The molecular weight excluding hydrogens is 416 g/mol. The van der Waals surface area contributed by atoms with Gasteiger partial charge in [-0.15, -0.1) is 11.6 Å². The highest BCUT2D eigenvalue weighted by Crippen LogP contribution is 2.42. The van der Waals surface area contributed by atoms with Crippen molar-refractivity contribution in [1.82, 2.24) is 9.88 Å². The Morgan fingerprint density at radius 2 is 2.10 bits per heavy atom. The van der Waals surface area contributed by atoms with Crippen LogP contribution >= 0.6 is 11.6 Å². The third-order valence-electron chi connectivity index (χ3n) is 5.57. The largest absolute Gasteiger partial charge is 0.493 e. The molecule has 8 heteroatoms. The van der Waals surface area contributed by atoms with Gasteiger partial charge in [0, 0.05) is 41.9 Å². The van der Waals surface area contributed by atoms with E-state index in [1.54, 1.807) is 12.0 Å². The number of carbonyl (C=O) groups is 1. The second-order valence-electron chi connectivity index (χ2n) is 7.98. The third kappa shape index (κ3) is 4.03. The molecule has 0 bridgehead atoms. The number of amides is 1. The van der Waals surface area contributed by atoms with Crippen molar-refractivity contribution in [2.75, 3.05) is 57.4 Å². The maximum absolute atomic E-state index is 13.4. The summed E-state index contributed by atoms with van der Waals surface area (Å²) in [6, 6.07) is 11.3. The van der Waals surface area contributed by atoms with Crippen LogP contribution in [-0.2, 0) is 0 Å². The molecule has 4 rings (SSSR count). The van der Waals surface area contributed by atoms with E-state index in [-0.39, 0.29) is 11.8 Å². The lowest BCUT2D eigenvalue weighted by Gasteiger charge is -2.18. The van der Waals surface area contributed by atoms with Crippen LogP contribution in [0.5, 0.6) is 11.5 Å². The summed E-state index contributed by atoms with van der Waals surface area (Å²) < 4.78 is 11.4. The molecule has 0 spiro atoms. The summed E-state index contributed by atoms with van der Waals surface area (Å²) >= 11 is 6.16. The van der Waals surface area contributed by atoms with Gasteiger partial charge in [0.25, 0.3) is 5.91 Å². The third-order valence-corrected chi connectivity index (χ3v) is 5.95. The topological polar surface area (TPSA) is 83.8 Å². The summed E-state index contributed by atoms with van der Waals surface area (Å²) in [5.74, 6) is 1.61. The number of alkyl halides is 1. The van der Waals surface area contributed by atoms with Gasteiger partial charge in [-0.25, -0.2) is 0 Å². The molecule has 1 aliphatic heterocycles. The van der Waals surface area contributed by atoms with Crippen molar-refractivity contribution < 1.29 is 14.3 Å². The quantitative estimate of drug-likeness (QED) is 0.430. The van der Waals surface area contributed by atoms with E-state index >= 15 is 0 Å². The molecule has 2 aromatic carbocycles. The van der Waals surface area contributed by atoms with Crippen molar-refractivity contribution >= 4 is 39.8 Å². The van der Waals surface area contributed by atoms with Gasteiger partial charge in [-0.05, 0) is 37.9 Å². The zero-order valence-corrected chi connectivity index (χ0v) is 18.7.